The summed E-state index contributed by atoms with van der Waals surface area (Å²) in [6.45, 7) is 2.17. The zero-order valence-corrected chi connectivity index (χ0v) is 32.1. The molecule has 10 aromatic rings. The molecular formula is C49H35N5S2. The van der Waals surface area contributed by atoms with Crippen molar-refractivity contribution in [2.24, 2.45) is 0 Å². The maximum atomic E-state index is 8.55. The van der Waals surface area contributed by atoms with Crippen molar-refractivity contribution in [3.05, 3.63) is 192 Å². The Kier molecular flexibility index (Phi) is 9.45. The first-order valence-corrected chi connectivity index (χ1v) is 19.9. The van der Waals surface area contributed by atoms with Gasteiger partial charge in [-0.1, -0.05) is 158 Å². The summed E-state index contributed by atoms with van der Waals surface area (Å²) in [5.74, 6) is 2.07. The third-order valence-electron chi connectivity index (χ3n) is 9.81. The topological polar surface area (TPSA) is 88.5 Å². The van der Waals surface area contributed by atoms with Gasteiger partial charge in [0.2, 0.25) is 0 Å². The summed E-state index contributed by atoms with van der Waals surface area (Å²) >= 11 is 3.39. The molecule has 0 saturated carbocycles. The highest BCUT2D eigenvalue weighted by Crippen LogP contribution is 2.41. The molecule has 3 heterocycles. The van der Waals surface area contributed by atoms with E-state index in [1.165, 1.54) is 31.3 Å². The molecule has 0 aliphatic rings. The Morgan fingerprint density at radius 1 is 0.464 bits per heavy atom. The van der Waals surface area contributed by atoms with Crippen molar-refractivity contribution < 1.29 is 0 Å². The second kappa shape index (κ2) is 15.1. The molecule has 56 heavy (non-hydrogen) atoms. The lowest BCUT2D eigenvalue weighted by molar-refractivity contribution is 1.08. The van der Waals surface area contributed by atoms with Crippen LogP contribution in [0.3, 0.4) is 0 Å². The fourth-order valence-electron chi connectivity index (χ4n) is 7.00. The average molecular weight is 758 g/mol. The normalized spacial score (nSPS) is 11.1. The number of nitrogens with one attached hydrogen (secondary N) is 1. The van der Waals surface area contributed by atoms with Crippen LogP contribution in [-0.4, -0.2) is 20.7 Å². The van der Waals surface area contributed by atoms with E-state index in [1.807, 2.05) is 127 Å². The molecule has 0 radical (unpaired) electrons. The van der Waals surface area contributed by atoms with Crippen LogP contribution in [0, 0.1) is 12.3 Å². The minimum absolute atomic E-state index is 0.480. The Morgan fingerprint density at radius 3 is 1.59 bits per heavy atom. The van der Waals surface area contributed by atoms with Crippen molar-refractivity contribution >= 4 is 64.3 Å². The highest BCUT2D eigenvalue weighted by Gasteiger charge is 2.18. The van der Waals surface area contributed by atoms with E-state index in [0.29, 0.717) is 28.9 Å². The fraction of sp³-hybridized carbons (Fsp3) is 0.0204. The van der Waals surface area contributed by atoms with Gasteiger partial charge in [-0.25, -0.2) is 15.0 Å². The summed E-state index contributed by atoms with van der Waals surface area (Å²) in [6, 6.07) is 59.5. The number of aryl methyl sites for hydroxylation is 1. The molecule has 0 aliphatic heterocycles. The van der Waals surface area contributed by atoms with Crippen LogP contribution in [0.2, 0.25) is 0 Å². The predicted molar refractivity (Wildman–Crippen MR) is 238 cm³/mol. The highest BCUT2D eigenvalue weighted by atomic mass is 32.1. The summed E-state index contributed by atoms with van der Waals surface area (Å²) in [5.41, 5.74) is 14.9. The smallest absolute Gasteiger partial charge is 0.164 e. The van der Waals surface area contributed by atoms with Gasteiger partial charge in [0.25, 0.3) is 0 Å². The summed E-state index contributed by atoms with van der Waals surface area (Å²) in [6.07, 6.45) is 0. The molecule has 7 aromatic carbocycles. The number of fused-ring (bicyclic) bond motifs is 4. The number of nitrogens with zero attached hydrogens (tertiary/aromatic N) is 3. The van der Waals surface area contributed by atoms with Crippen molar-refractivity contribution in [1.82, 2.24) is 15.0 Å². The maximum Gasteiger partial charge on any atom is 0.164 e. The lowest BCUT2D eigenvalue weighted by Gasteiger charge is -2.10. The van der Waals surface area contributed by atoms with Crippen LogP contribution in [0.5, 0.6) is 0 Å². The van der Waals surface area contributed by atoms with E-state index in [-0.39, 0.29) is 0 Å². The lowest BCUT2D eigenvalue weighted by Crippen LogP contribution is -2.02. The van der Waals surface area contributed by atoms with Crippen molar-refractivity contribution in [1.29, 1.82) is 5.41 Å². The molecular weight excluding hydrogens is 723 g/mol. The van der Waals surface area contributed by atoms with Gasteiger partial charge in [-0.3, -0.25) is 5.41 Å². The second-order valence-corrected chi connectivity index (χ2v) is 15.6. The molecule has 0 spiro atoms. The van der Waals surface area contributed by atoms with Gasteiger partial charge < -0.3 is 5.73 Å². The van der Waals surface area contributed by atoms with E-state index in [1.54, 1.807) is 11.3 Å². The molecule has 0 bridgehead atoms. The Bertz CT molecular complexity index is 2930. The van der Waals surface area contributed by atoms with Gasteiger partial charge in [0.15, 0.2) is 17.5 Å². The number of hydrogen-bond acceptors (Lipinski definition) is 7. The first-order chi connectivity index (χ1) is 27.5. The SMILES string of the molecule is Cc1cccc2sc3cccc(-c4nc(-c5ccccc5)nc(-c5ccccc5)n4)c3c12.N=C(c1ccc(-c2ccccc2)cc1)c1sc2ccccc2c1N. The van der Waals surface area contributed by atoms with Gasteiger partial charge in [0, 0.05) is 52.5 Å². The largest absolute Gasteiger partial charge is 0.397 e. The van der Waals surface area contributed by atoms with Gasteiger partial charge in [0.1, 0.15) is 0 Å². The molecule has 10 rings (SSSR count). The third-order valence-corrected chi connectivity index (χ3v) is 12.1. The highest BCUT2D eigenvalue weighted by molar-refractivity contribution is 7.26. The minimum Gasteiger partial charge on any atom is -0.397 e. The summed E-state index contributed by atoms with van der Waals surface area (Å²) < 4.78 is 3.65. The molecule has 3 N–H and O–H groups in total. The maximum absolute atomic E-state index is 8.55. The van der Waals surface area contributed by atoms with E-state index in [0.717, 1.165) is 42.8 Å². The van der Waals surface area contributed by atoms with Crippen LogP contribution in [0.25, 0.3) is 75.5 Å². The van der Waals surface area contributed by atoms with Crippen molar-refractivity contribution in [3.63, 3.8) is 0 Å². The number of aromatic nitrogens is 3. The molecule has 0 amide bonds. The number of anilines is 1. The van der Waals surface area contributed by atoms with Gasteiger partial charge in [0.05, 0.1) is 16.3 Å². The van der Waals surface area contributed by atoms with Crippen LogP contribution in [0.1, 0.15) is 16.0 Å². The monoisotopic (exact) mass is 757 g/mol. The number of thiophene rings is 2. The predicted octanol–water partition coefficient (Wildman–Crippen LogP) is 13.1. The molecule has 0 saturated heterocycles. The van der Waals surface area contributed by atoms with Gasteiger partial charge in [-0.05, 0) is 41.8 Å². The van der Waals surface area contributed by atoms with Crippen molar-refractivity contribution in [2.45, 2.75) is 6.92 Å². The summed E-state index contributed by atoms with van der Waals surface area (Å²) in [5, 5.41) is 12.1. The fourth-order valence-corrected chi connectivity index (χ4v) is 9.30. The van der Waals surface area contributed by atoms with E-state index in [9.17, 15) is 0 Å². The first kappa shape index (κ1) is 34.9. The Morgan fingerprint density at radius 2 is 0.964 bits per heavy atom. The van der Waals surface area contributed by atoms with Crippen LogP contribution in [-0.2, 0) is 0 Å². The van der Waals surface area contributed by atoms with Crippen LogP contribution in [0.4, 0.5) is 5.69 Å². The van der Waals surface area contributed by atoms with Crippen molar-refractivity contribution in [2.75, 3.05) is 5.73 Å². The zero-order chi connectivity index (χ0) is 38.0. The zero-order valence-electron chi connectivity index (χ0n) is 30.5. The van der Waals surface area contributed by atoms with E-state index < -0.39 is 0 Å². The summed E-state index contributed by atoms with van der Waals surface area (Å²) in [7, 11) is 0. The quantitative estimate of drug-likeness (QED) is 0.165. The number of hydrogen-bond donors (Lipinski definition) is 2. The van der Waals surface area contributed by atoms with E-state index >= 15 is 0 Å². The third kappa shape index (κ3) is 6.75. The van der Waals surface area contributed by atoms with E-state index in [4.69, 9.17) is 26.1 Å². The minimum atomic E-state index is 0.480. The molecule has 5 nitrogen and oxygen atoms in total. The second-order valence-electron chi connectivity index (χ2n) is 13.4. The number of benzene rings is 7. The number of nitrogen functional groups attached to an aromatic ring is 1. The Labute approximate surface area is 333 Å². The lowest BCUT2D eigenvalue weighted by atomic mass is 10.0. The summed E-state index contributed by atoms with van der Waals surface area (Å²) in [4.78, 5) is 15.6. The molecule has 0 atom stereocenters. The van der Waals surface area contributed by atoms with Gasteiger partial charge in [-0.15, -0.1) is 22.7 Å². The standard InChI is InChI=1S/C28H19N3S.C21H16N2S/c1-18-10-8-16-22-24(18)25-21(15-9-17-23(25)32-22)28-30-26(19-11-4-2-5-12-19)29-27(31-28)20-13-6-3-7-14-20;22-19(21-20(23)17-8-4-5-9-18(17)24-21)16-12-10-15(11-13-16)14-6-2-1-3-7-14/h2-17H,1H3;1-13,22H,23H2. The van der Waals surface area contributed by atoms with Crippen LogP contribution in [0.15, 0.2) is 176 Å². The van der Waals surface area contributed by atoms with Gasteiger partial charge in [-0.2, -0.15) is 0 Å². The number of nitrogens with two attached hydrogens (primary N) is 1. The van der Waals surface area contributed by atoms with Crippen LogP contribution >= 0.6 is 22.7 Å². The molecule has 0 fully saturated rings. The molecule has 268 valence electrons. The Hall–Kier alpha value is -6.80. The molecule has 0 aliphatic carbocycles. The molecule has 3 aromatic heterocycles. The Balaban J connectivity index is 0.000000153. The molecule has 7 heteroatoms. The van der Waals surface area contributed by atoms with Crippen LogP contribution < -0.4 is 5.73 Å². The average Bonchev–Trinajstić information content (AvgIpc) is 3.83. The van der Waals surface area contributed by atoms with Crippen molar-refractivity contribution in [3.8, 4) is 45.3 Å². The molecule has 0 unspecified atom stereocenters. The number of rotatable bonds is 6. The van der Waals surface area contributed by atoms with Gasteiger partial charge >= 0.3 is 0 Å². The van der Waals surface area contributed by atoms with E-state index in [2.05, 4.69) is 67.6 Å². The first-order valence-electron chi connectivity index (χ1n) is 18.3.